The zero-order chi connectivity index (χ0) is 11.7. The Labute approximate surface area is 99.0 Å². The van der Waals surface area contributed by atoms with Gasteiger partial charge in [-0.05, 0) is 18.1 Å². The Balaban J connectivity index is 2.70. The lowest BCUT2D eigenvalue weighted by atomic mass is 10.2. The van der Waals surface area contributed by atoms with Crippen molar-refractivity contribution in [2.45, 2.75) is 20.4 Å². The molecule has 1 heterocycles. The van der Waals surface area contributed by atoms with Gasteiger partial charge >= 0.3 is 0 Å². The molecule has 0 aliphatic rings. The molecule has 0 fully saturated rings. The van der Waals surface area contributed by atoms with Crippen LogP contribution in [-0.2, 0) is 6.54 Å². The van der Waals surface area contributed by atoms with Gasteiger partial charge in [0.2, 0.25) is 0 Å². The van der Waals surface area contributed by atoms with E-state index >= 15 is 0 Å². The summed E-state index contributed by atoms with van der Waals surface area (Å²) in [5.74, 6) is 0.879. The van der Waals surface area contributed by atoms with Crippen LogP contribution in [-0.4, -0.2) is 15.8 Å². The first-order valence-corrected chi connectivity index (χ1v) is 5.61. The van der Waals surface area contributed by atoms with Gasteiger partial charge in [-0.15, -0.1) is 0 Å². The molecule has 84 valence electrons. The van der Waals surface area contributed by atoms with Crippen molar-refractivity contribution in [3.05, 3.63) is 29.0 Å². The van der Waals surface area contributed by atoms with Crippen molar-refractivity contribution in [2.24, 2.45) is 5.92 Å². The predicted molar refractivity (Wildman–Crippen MR) is 65.0 cm³/mol. The number of carbonyl (C=O) groups excluding carboxylic acids is 1. The van der Waals surface area contributed by atoms with Crippen LogP contribution in [0.25, 0.3) is 11.0 Å². The minimum atomic E-state index is 0.437. The number of hydrogen-bond donors (Lipinski definition) is 0. The quantitative estimate of drug-likeness (QED) is 0.768. The molecule has 0 spiro atoms. The summed E-state index contributed by atoms with van der Waals surface area (Å²) in [6, 6.07) is 5.52. The summed E-state index contributed by atoms with van der Waals surface area (Å²) >= 11 is 6.14. The second kappa shape index (κ2) is 4.26. The maximum atomic E-state index is 11.0. The van der Waals surface area contributed by atoms with Crippen LogP contribution in [0, 0.1) is 5.92 Å². The standard InChI is InChI=1S/C12H13ClN2O/c1-8(2)6-15-11(7-16)14-10-5-3-4-9(13)12(10)15/h3-5,7-8H,6H2,1-2H3. The van der Waals surface area contributed by atoms with Gasteiger partial charge in [0, 0.05) is 6.54 Å². The fourth-order valence-electron chi connectivity index (χ4n) is 1.80. The van der Waals surface area contributed by atoms with Gasteiger partial charge in [-0.3, -0.25) is 4.79 Å². The monoisotopic (exact) mass is 236 g/mol. The summed E-state index contributed by atoms with van der Waals surface area (Å²) in [6.45, 7) is 4.93. The topological polar surface area (TPSA) is 34.9 Å². The average molecular weight is 237 g/mol. The van der Waals surface area contributed by atoms with E-state index in [2.05, 4.69) is 18.8 Å². The molecule has 0 saturated carbocycles. The van der Waals surface area contributed by atoms with Crippen LogP contribution in [0.1, 0.15) is 24.5 Å². The maximum absolute atomic E-state index is 11.0. The van der Waals surface area contributed by atoms with Gasteiger partial charge in [0.05, 0.1) is 16.1 Å². The Morgan fingerprint density at radius 3 is 2.88 bits per heavy atom. The molecular formula is C12H13ClN2O. The minimum Gasteiger partial charge on any atom is -0.320 e. The molecule has 0 atom stereocenters. The SMILES string of the molecule is CC(C)Cn1c(C=O)nc2cccc(Cl)c21. The highest BCUT2D eigenvalue weighted by molar-refractivity contribution is 6.35. The number of para-hydroxylation sites is 1. The first-order chi connectivity index (χ1) is 7.63. The molecule has 0 saturated heterocycles. The number of aromatic nitrogens is 2. The van der Waals surface area contributed by atoms with Crippen molar-refractivity contribution in [2.75, 3.05) is 0 Å². The lowest BCUT2D eigenvalue weighted by Crippen LogP contribution is -2.08. The first kappa shape index (κ1) is 11.1. The van der Waals surface area contributed by atoms with E-state index in [4.69, 9.17) is 11.6 Å². The van der Waals surface area contributed by atoms with Crippen molar-refractivity contribution in [3.8, 4) is 0 Å². The van der Waals surface area contributed by atoms with Crippen molar-refractivity contribution in [1.29, 1.82) is 0 Å². The molecule has 4 heteroatoms. The molecule has 16 heavy (non-hydrogen) atoms. The van der Waals surface area contributed by atoms with E-state index in [9.17, 15) is 4.79 Å². The van der Waals surface area contributed by atoms with Gasteiger partial charge in [-0.2, -0.15) is 0 Å². The summed E-state index contributed by atoms with van der Waals surface area (Å²) in [5, 5.41) is 0.638. The molecule has 3 nitrogen and oxygen atoms in total. The van der Waals surface area contributed by atoms with Gasteiger partial charge in [-0.25, -0.2) is 4.98 Å². The third-order valence-corrected chi connectivity index (χ3v) is 2.71. The zero-order valence-electron chi connectivity index (χ0n) is 9.27. The second-order valence-corrected chi connectivity index (χ2v) is 4.61. The number of carbonyl (C=O) groups is 1. The molecule has 0 aliphatic heterocycles. The van der Waals surface area contributed by atoms with Crippen molar-refractivity contribution in [3.63, 3.8) is 0 Å². The highest BCUT2D eigenvalue weighted by Gasteiger charge is 2.13. The summed E-state index contributed by atoms with van der Waals surface area (Å²) in [7, 11) is 0. The van der Waals surface area contributed by atoms with Crippen LogP contribution in [0.4, 0.5) is 0 Å². The number of halogens is 1. The molecule has 0 unspecified atom stereocenters. The number of benzene rings is 1. The number of fused-ring (bicyclic) bond motifs is 1. The molecule has 2 aromatic rings. The Bertz CT molecular complexity index is 531. The third kappa shape index (κ3) is 1.83. The number of hydrogen-bond acceptors (Lipinski definition) is 2. The summed E-state index contributed by atoms with van der Waals surface area (Å²) in [6.07, 6.45) is 0.776. The van der Waals surface area contributed by atoms with E-state index in [-0.39, 0.29) is 0 Å². The normalized spacial score (nSPS) is 11.2. The Kier molecular flexibility index (Phi) is 2.97. The van der Waals surface area contributed by atoms with Gasteiger partial charge in [-0.1, -0.05) is 31.5 Å². The summed E-state index contributed by atoms with van der Waals surface area (Å²) in [5.41, 5.74) is 1.62. The van der Waals surface area contributed by atoms with Gasteiger partial charge in [0.15, 0.2) is 12.1 Å². The Morgan fingerprint density at radius 1 is 1.50 bits per heavy atom. The highest BCUT2D eigenvalue weighted by Crippen LogP contribution is 2.24. The van der Waals surface area contributed by atoms with E-state index in [0.29, 0.717) is 16.8 Å². The van der Waals surface area contributed by atoms with Crippen LogP contribution in [0.2, 0.25) is 5.02 Å². The molecule has 0 amide bonds. The van der Waals surface area contributed by atoms with Crippen molar-refractivity contribution in [1.82, 2.24) is 9.55 Å². The highest BCUT2D eigenvalue weighted by atomic mass is 35.5. The Morgan fingerprint density at radius 2 is 2.25 bits per heavy atom. The fraction of sp³-hybridized carbons (Fsp3) is 0.333. The fourth-order valence-corrected chi connectivity index (χ4v) is 2.07. The number of aldehydes is 1. The molecule has 1 aromatic carbocycles. The number of rotatable bonds is 3. The van der Waals surface area contributed by atoms with E-state index < -0.39 is 0 Å². The zero-order valence-corrected chi connectivity index (χ0v) is 10.0. The molecule has 0 radical (unpaired) electrons. The van der Waals surface area contributed by atoms with Gasteiger partial charge < -0.3 is 4.57 Å². The predicted octanol–water partition coefficient (Wildman–Crippen LogP) is 3.16. The Hall–Kier alpha value is -1.35. The number of imidazole rings is 1. The third-order valence-electron chi connectivity index (χ3n) is 2.40. The lowest BCUT2D eigenvalue weighted by Gasteiger charge is -2.09. The smallest absolute Gasteiger partial charge is 0.185 e. The lowest BCUT2D eigenvalue weighted by molar-refractivity contribution is 0.111. The van der Waals surface area contributed by atoms with E-state index in [0.717, 1.165) is 23.9 Å². The molecule has 2 rings (SSSR count). The van der Waals surface area contributed by atoms with Crippen LogP contribution < -0.4 is 0 Å². The summed E-state index contributed by atoms with van der Waals surface area (Å²) in [4.78, 5) is 15.2. The molecule has 0 N–H and O–H groups in total. The van der Waals surface area contributed by atoms with Gasteiger partial charge in [0.1, 0.15) is 0 Å². The molecule has 0 aliphatic carbocycles. The van der Waals surface area contributed by atoms with E-state index in [1.165, 1.54) is 0 Å². The van der Waals surface area contributed by atoms with Crippen LogP contribution in [0.3, 0.4) is 0 Å². The minimum absolute atomic E-state index is 0.437. The van der Waals surface area contributed by atoms with Gasteiger partial charge in [0.25, 0.3) is 0 Å². The second-order valence-electron chi connectivity index (χ2n) is 4.20. The molecular weight excluding hydrogens is 224 g/mol. The summed E-state index contributed by atoms with van der Waals surface area (Å²) < 4.78 is 1.88. The first-order valence-electron chi connectivity index (χ1n) is 5.23. The van der Waals surface area contributed by atoms with Crippen LogP contribution >= 0.6 is 11.6 Å². The van der Waals surface area contributed by atoms with Crippen LogP contribution in [0.15, 0.2) is 18.2 Å². The van der Waals surface area contributed by atoms with E-state index in [1.807, 2.05) is 22.8 Å². The average Bonchev–Trinajstić information content (AvgIpc) is 2.57. The van der Waals surface area contributed by atoms with Crippen LogP contribution in [0.5, 0.6) is 0 Å². The van der Waals surface area contributed by atoms with Crippen molar-refractivity contribution < 1.29 is 4.79 Å². The largest absolute Gasteiger partial charge is 0.320 e. The maximum Gasteiger partial charge on any atom is 0.185 e. The van der Waals surface area contributed by atoms with Crippen molar-refractivity contribution >= 4 is 28.9 Å². The number of nitrogens with zero attached hydrogens (tertiary/aromatic N) is 2. The molecule has 0 bridgehead atoms. The van der Waals surface area contributed by atoms with E-state index in [1.54, 1.807) is 0 Å². The molecule has 1 aromatic heterocycles.